The Hall–Kier alpha value is -2.54. The minimum absolute atomic E-state index is 0.352. The predicted molar refractivity (Wildman–Crippen MR) is 94.4 cm³/mol. The molecule has 0 spiro atoms. The first-order valence-corrected chi connectivity index (χ1v) is 8.34. The van der Waals surface area contributed by atoms with Crippen molar-refractivity contribution in [2.75, 3.05) is 31.1 Å². The fraction of sp³-hybridized carbons (Fsp3) is 0.353. The van der Waals surface area contributed by atoms with E-state index in [1.54, 1.807) is 6.20 Å². The minimum Gasteiger partial charge on any atom is -0.472 e. The van der Waals surface area contributed by atoms with Crippen LogP contribution in [-0.4, -0.2) is 52.2 Å². The number of piperazine rings is 1. The summed E-state index contributed by atoms with van der Waals surface area (Å²) < 4.78 is 5.73. The van der Waals surface area contributed by atoms with Crippen molar-refractivity contribution in [2.24, 2.45) is 0 Å². The topological polar surface area (TPSA) is 78.8 Å². The number of carboxylic acid groups (broad SMARTS) is 1. The molecular formula is C17H19ClN4O3. The van der Waals surface area contributed by atoms with Crippen LogP contribution in [0.15, 0.2) is 30.5 Å². The molecule has 0 aliphatic carbocycles. The van der Waals surface area contributed by atoms with Crippen molar-refractivity contribution in [2.45, 2.75) is 13.5 Å². The zero-order chi connectivity index (χ0) is 17.8. The molecule has 25 heavy (non-hydrogen) atoms. The number of amides is 1. The molecule has 0 radical (unpaired) electrons. The summed E-state index contributed by atoms with van der Waals surface area (Å²) in [4.78, 5) is 23.3. The van der Waals surface area contributed by atoms with Gasteiger partial charge in [-0.15, -0.1) is 0 Å². The molecule has 0 atom stereocenters. The molecule has 1 aliphatic heterocycles. The highest BCUT2D eigenvalue weighted by atomic mass is 35.5. The molecule has 0 unspecified atom stereocenters. The van der Waals surface area contributed by atoms with Gasteiger partial charge >= 0.3 is 6.09 Å². The molecule has 0 saturated carbocycles. The molecule has 2 heterocycles. The van der Waals surface area contributed by atoms with Crippen LogP contribution in [0.25, 0.3) is 0 Å². The third-order valence-electron chi connectivity index (χ3n) is 4.03. The van der Waals surface area contributed by atoms with Crippen LogP contribution in [-0.2, 0) is 6.61 Å². The molecule has 1 fully saturated rings. The van der Waals surface area contributed by atoms with E-state index in [4.69, 9.17) is 21.4 Å². The second-order valence-electron chi connectivity index (χ2n) is 5.79. The quantitative estimate of drug-likeness (QED) is 0.901. The van der Waals surface area contributed by atoms with Crippen molar-refractivity contribution in [3.05, 3.63) is 46.7 Å². The monoisotopic (exact) mass is 362 g/mol. The number of nitrogens with zero attached hydrogens (tertiary/aromatic N) is 4. The van der Waals surface area contributed by atoms with Crippen LogP contribution in [0.5, 0.6) is 5.88 Å². The summed E-state index contributed by atoms with van der Waals surface area (Å²) in [6.45, 7) is 4.30. The lowest BCUT2D eigenvalue weighted by Crippen LogP contribution is -2.48. The zero-order valence-corrected chi connectivity index (χ0v) is 14.6. The van der Waals surface area contributed by atoms with E-state index in [1.165, 1.54) is 4.90 Å². The first kappa shape index (κ1) is 17.3. The number of hydrogen-bond acceptors (Lipinski definition) is 5. The van der Waals surface area contributed by atoms with Crippen LogP contribution in [0, 0.1) is 6.92 Å². The van der Waals surface area contributed by atoms with Gasteiger partial charge in [-0.3, -0.25) is 4.98 Å². The molecule has 0 bridgehead atoms. The van der Waals surface area contributed by atoms with Crippen molar-refractivity contribution in [3.8, 4) is 5.88 Å². The Kier molecular flexibility index (Phi) is 5.23. The van der Waals surface area contributed by atoms with Gasteiger partial charge in [0.1, 0.15) is 6.61 Å². The smallest absolute Gasteiger partial charge is 0.407 e. The van der Waals surface area contributed by atoms with E-state index in [2.05, 4.69) is 9.97 Å². The Bertz CT molecular complexity index is 763. The first-order valence-electron chi connectivity index (χ1n) is 7.96. The van der Waals surface area contributed by atoms with Crippen molar-refractivity contribution in [3.63, 3.8) is 0 Å². The van der Waals surface area contributed by atoms with E-state index in [-0.39, 0.29) is 0 Å². The molecule has 1 saturated heterocycles. The summed E-state index contributed by atoms with van der Waals surface area (Å²) in [6, 6.07) is 7.45. The van der Waals surface area contributed by atoms with Crippen molar-refractivity contribution < 1.29 is 14.6 Å². The summed E-state index contributed by atoms with van der Waals surface area (Å²) in [5.41, 5.74) is 1.74. The largest absolute Gasteiger partial charge is 0.472 e. The van der Waals surface area contributed by atoms with E-state index >= 15 is 0 Å². The average Bonchev–Trinajstić information content (AvgIpc) is 2.61. The van der Waals surface area contributed by atoms with Crippen molar-refractivity contribution in [1.82, 2.24) is 14.9 Å². The van der Waals surface area contributed by atoms with Gasteiger partial charge in [-0.2, -0.15) is 4.98 Å². The molecule has 1 aromatic carbocycles. The lowest BCUT2D eigenvalue weighted by molar-refractivity contribution is 0.142. The highest BCUT2D eigenvalue weighted by Gasteiger charge is 2.23. The van der Waals surface area contributed by atoms with Gasteiger partial charge in [0.2, 0.25) is 5.88 Å². The second kappa shape index (κ2) is 7.57. The van der Waals surface area contributed by atoms with Gasteiger partial charge in [0.15, 0.2) is 5.82 Å². The Labute approximate surface area is 150 Å². The van der Waals surface area contributed by atoms with Gasteiger partial charge in [-0.05, 0) is 24.6 Å². The number of aryl methyl sites for hydroxylation is 1. The maximum Gasteiger partial charge on any atom is 0.407 e. The fourth-order valence-electron chi connectivity index (χ4n) is 2.69. The van der Waals surface area contributed by atoms with Crippen LogP contribution in [0.3, 0.4) is 0 Å². The molecule has 132 valence electrons. The number of halogens is 1. The molecule has 1 aliphatic rings. The zero-order valence-electron chi connectivity index (χ0n) is 13.9. The molecule has 3 rings (SSSR count). The van der Waals surface area contributed by atoms with Crippen molar-refractivity contribution >= 4 is 23.5 Å². The van der Waals surface area contributed by atoms with Crippen molar-refractivity contribution in [1.29, 1.82) is 0 Å². The Morgan fingerprint density at radius 3 is 2.76 bits per heavy atom. The van der Waals surface area contributed by atoms with Gasteiger partial charge in [-0.25, -0.2) is 4.79 Å². The highest BCUT2D eigenvalue weighted by molar-refractivity contribution is 6.30. The van der Waals surface area contributed by atoms with Gasteiger partial charge in [-0.1, -0.05) is 23.7 Å². The third-order valence-corrected chi connectivity index (χ3v) is 4.27. The summed E-state index contributed by atoms with van der Waals surface area (Å²) in [5, 5.41) is 9.70. The van der Waals surface area contributed by atoms with Crippen LogP contribution in [0.4, 0.5) is 10.6 Å². The molecule has 1 amide bonds. The van der Waals surface area contributed by atoms with E-state index in [9.17, 15) is 4.79 Å². The molecule has 8 heteroatoms. The van der Waals surface area contributed by atoms with Crippen LogP contribution < -0.4 is 9.64 Å². The number of rotatable bonds is 4. The van der Waals surface area contributed by atoms with Crippen LogP contribution >= 0.6 is 11.6 Å². The predicted octanol–water partition coefficient (Wildman–Crippen LogP) is 2.82. The summed E-state index contributed by atoms with van der Waals surface area (Å²) in [6.07, 6.45) is 0.706. The minimum atomic E-state index is -0.888. The number of carbonyl (C=O) groups is 1. The normalized spacial score (nSPS) is 14.5. The molecular weight excluding hydrogens is 344 g/mol. The first-order chi connectivity index (χ1) is 12.0. The average molecular weight is 363 g/mol. The lowest BCUT2D eigenvalue weighted by atomic mass is 10.2. The lowest BCUT2D eigenvalue weighted by Gasteiger charge is -2.34. The number of benzene rings is 1. The highest BCUT2D eigenvalue weighted by Crippen LogP contribution is 2.21. The van der Waals surface area contributed by atoms with Gasteiger partial charge in [0.25, 0.3) is 0 Å². The summed E-state index contributed by atoms with van der Waals surface area (Å²) in [5.74, 6) is 1.16. The fourth-order valence-corrected chi connectivity index (χ4v) is 2.90. The molecule has 1 N–H and O–H groups in total. The molecule has 1 aromatic heterocycles. The summed E-state index contributed by atoms with van der Waals surface area (Å²) in [7, 11) is 0. The van der Waals surface area contributed by atoms with Gasteiger partial charge in [0, 0.05) is 31.2 Å². The third kappa shape index (κ3) is 4.30. The number of ether oxygens (including phenoxy) is 1. The standard InChI is InChI=1S/C17H19ClN4O3/c1-12-16(21-5-7-22(8-6-21)17(23)24)20-15(10-19-12)25-11-13-3-2-4-14(18)9-13/h2-4,9-10H,5-8,11H2,1H3,(H,23,24). The van der Waals surface area contributed by atoms with Crippen LogP contribution in [0.1, 0.15) is 11.3 Å². The van der Waals surface area contributed by atoms with Gasteiger partial charge < -0.3 is 19.6 Å². The Balaban J connectivity index is 1.67. The maximum atomic E-state index is 11.0. The van der Waals surface area contributed by atoms with E-state index in [0.717, 1.165) is 17.1 Å². The molecule has 7 nitrogen and oxygen atoms in total. The number of hydrogen-bond donors (Lipinski definition) is 1. The second-order valence-corrected chi connectivity index (χ2v) is 6.23. The van der Waals surface area contributed by atoms with E-state index in [1.807, 2.05) is 36.1 Å². The van der Waals surface area contributed by atoms with E-state index < -0.39 is 6.09 Å². The number of aromatic nitrogens is 2. The Morgan fingerprint density at radius 2 is 2.08 bits per heavy atom. The number of anilines is 1. The Morgan fingerprint density at radius 1 is 1.32 bits per heavy atom. The SMILES string of the molecule is Cc1ncc(OCc2cccc(Cl)c2)nc1N1CCN(C(=O)O)CC1. The van der Waals surface area contributed by atoms with Gasteiger partial charge in [0.05, 0.1) is 11.9 Å². The maximum absolute atomic E-state index is 11.0. The molecule has 2 aromatic rings. The van der Waals surface area contributed by atoms with Crippen LogP contribution in [0.2, 0.25) is 5.02 Å². The summed E-state index contributed by atoms with van der Waals surface area (Å²) >= 11 is 5.97. The van der Waals surface area contributed by atoms with E-state index in [0.29, 0.717) is 43.7 Å².